The molecule has 18 heavy (non-hydrogen) atoms. The quantitative estimate of drug-likeness (QED) is 0.587. The molecule has 5 heteroatoms. The molecule has 0 saturated carbocycles. The monoisotopic (exact) mass is 253 g/mol. The van der Waals surface area contributed by atoms with Crippen molar-refractivity contribution in [3.8, 4) is 0 Å². The normalized spacial score (nSPS) is 32.4. The molecular weight excluding hydrogens is 234 g/mol. The standard InChI is InChI=1S/C13H19NO4/c15-10-6-12(16)18-11(13(10)17)8-14-7-9-4-2-1-3-5-9/h1-5,10-17H,6-8H2/t10-,11-,12-,13+/m1/s1. The van der Waals surface area contributed by atoms with Crippen LogP contribution in [-0.4, -0.2) is 46.5 Å². The largest absolute Gasteiger partial charge is 0.390 e. The molecule has 0 spiro atoms. The van der Waals surface area contributed by atoms with E-state index in [1.807, 2.05) is 30.3 Å². The molecule has 1 aliphatic rings. The summed E-state index contributed by atoms with van der Waals surface area (Å²) in [5.41, 5.74) is 1.13. The second-order valence-corrected chi connectivity index (χ2v) is 4.54. The predicted octanol–water partition coefficient (Wildman–Crippen LogP) is -0.395. The van der Waals surface area contributed by atoms with Crippen LogP contribution in [0, 0.1) is 0 Å². The van der Waals surface area contributed by atoms with Crippen molar-refractivity contribution < 1.29 is 20.1 Å². The van der Waals surface area contributed by atoms with Crippen LogP contribution in [0.4, 0.5) is 0 Å². The van der Waals surface area contributed by atoms with E-state index in [-0.39, 0.29) is 6.42 Å². The molecule has 0 amide bonds. The summed E-state index contributed by atoms with van der Waals surface area (Å²) in [6.45, 7) is 1.03. The van der Waals surface area contributed by atoms with Gasteiger partial charge in [0.05, 0.1) is 6.10 Å². The van der Waals surface area contributed by atoms with Gasteiger partial charge in [0.15, 0.2) is 6.29 Å². The zero-order chi connectivity index (χ0) is 13.0. The SMILES string of the molecule is O[C@H]1[C@H](O)C[C@H](O)O[C@@H]1CNCc1ccccc1. The molecular formula is C13H19NO4. The molecule has 1 heterocycles. The number of hydrogen-bond acceptors (Lipinski definition) is 5. The Balaban J connectivity index is 1.79. The number of benzene rings is 1. The zero-order valence-electron chi connectivity index (χ0n) is 10.1. The molecule has 0 bridgehead atoms. The number of aliphatic hydroxyl groups is 3. The van der Waals surface area contributed by atoms with Crippen molar-refractivity contribution in [1.82, 2.24) is 5.32 Å². The molecule has 0 radical (unpaired) electrons. The molecule has 1 aromatic rings. The van der Waals surface area contributed by atoms with E-state index in [4.69, 9.17) is 4.74 Å². The molecule has 4 N–H and O–H groups in total. The van der Waals surface area contributed by atoms with Crippen LogP contribution in [-0.2, 0) is 11.3 Å². The summed E-state index contributed by atoms with van der Waals surface area (Å²) in [4.78, 5) is 0. The van der Waals surface area contributed by atoms with Crippen LogP contribution in [0.5, 0.6) is 0 Å². The van der Waals surface area contributed by atoms with E-state index in [0.717, 1.165) is 5.56 Å². The molecule has 1 aromatic carbocycles. The summed E-state index contributed by atoms with van der Waals surface area (Å²) in [5, 5.41) is 31.7. The lowest BCUT2D eigenvalue weighted by atomic mass is 10.0. The van der Waals surface area contributed by atoms with Crippen molar-refractivity contribution >= 4 is 0 Å². The van der Waals surface area contributed by atoms with Crippen LogP contribution in [0.15, 0.2) is 30.3 Å². The lowest BCUT2D eigenvalue weighted by Crippen LogP contribution is -2.52. The highest BCUT2D eigenvalue weighted by Gasteiger charge is 2.35. The Labute approximate surface area is 106 Å². The Morgan fingerprint density at radius 2 is 1.89 bits per heavy atom. The lowest BCUT2D eigenvalue weighted by molar-refractivity contribution is -0.230. The first-order chi connectivity index (χ1) is 8.66. The van der Waals surface area contributed by atoms with Crippen LogP contribution >= 0.6 is 0 Å². The van der Waals surface area contributed by atoms with Crippen LogP contribution in [0.2, 0.25) is 0 Å². The van der Waals surface area contributed by atoms with Gasteiger partial charge in [0.25, 0.3) is 0 Å². The zero-order valence-corrected chi connectivity index (χ0v) is 10.1. The van der Waals surface area contributed by atoms with Crippen LogP contribution in [0.3, 0.4) is 0 Å². The van der Waals surface area contributed by atoms with Gasteiger partial charge in [-0.25, -0.2) is 0 Å². The lowest BCUT2D eigenvalue weighted by Gasteiger charge is -2.35. The molecule has 0 aromatic heterocycles. The second-order valence-electron chi connectivity index (χ2n) is 4.54. The Morgan fingerprint density at radius 3 is 2.61 bits per heavy atom. The number of rotatable bonds is 4. The minimum absolute atomic E-state index is 0.0519. The third-order valence-electron chi connectivity index (χ3n) is 3.07. The fourth-order valence-electron chi connectivity index (χ4n) is 2.06. The number of ether oxygens (including phenoxy) is 1. The van der Waals surface area contributed by atoms with Gasteiger partial charge < -0.3 is 25.4 Å². The van der Waals surface area contributed by atoms with Gasteiger partial charge in [0.1, 0.15) is 12.2 Å². The van der Waals surface area contributed by atoms with Crippen LogP contribution < -0.4 is 5.32 Å². The van der Waals surface area contributed by atoms with Gasteiger partial charge in [0, 0.05) is 19.5 Å². The smallest absolute Gasteiger partial charge is 0.157 e. The first-order valence-corrected chi connectivity index (χ1v) is 6.11. The van der Waals surface area contributed by atoms with E-state index in [0.29, 0.717) is 13.1 Å². The van der Waals surface area contributed by atoms with Crippen molar-refractivity contribution in [1.29, 1.82) is 0 Å². The molecule has 100 valence electrons. The molecule has 1 saturated heterocycles. The molecule has 1 aliphatic heterocycles. The Morgan fingerprint density at radius 1 is 1.17 bits per heavy atom. The van der Waals surface area contributed by atoms with Crippen molar-refractivity contribution in [3.05, 3.63) is 35.9 Å². The summed E-state index contributed by atoms with van der Waals surface area (Å²) in [7, 11) is 0. The van der Waals surface area contributed by atoms with E-state index in [2.05, 4.69) is 5.32 Å². The fourth-order valence-corrected chi connectivity index (χ4v) is 2.06. The maximum absolute atomic E-state index is 9.73. The number of aliphatic hydroxyl groups excluding tert-OH is 3. The topological polar surface area (TPSA) is 82.0 Å². The van der Waals surface area contributed by atoms with Gasteiger partial charge in [-0.1, -0.05) is 30.3 Å². The van der Waals surface area contributed by atoms with Gasteiger partial charge in [0.2, 0.25) is 0 Å². The Hall–Kier alpha value is -0.980. The highest BCUT2D eigenvalue weighted by atomic mass is 16.6. The Kier molecular flexibility index (Phi) is 4.68. The van der Waals surface area contributed by atoms with E-state index < -0.39 is 24.6 Å². The first kappa shape index (κ1) is 13.5. The molecule has 2 rings (SSSR count). The Bertz CT molecular complexity index is 359. The highest BCUT2D eigenvalue weighted by molar-refractivity contribution is 5.14. The fraction of sp³-hybridized carbons (Fsp3) is 0.538. The summed E-state index contributed by atoms with van der Waals surface area (Å²) in [6.07, 6.45) is -3.44. The van der Waals surface area contributed by atoms with E-state index >= 15 is 0 Å². The molecule has 0 unspecified atom stereocenters. The summed E-state index contributed by atoms with van der Waals surface area (Å²) < 4.78 is 5.19. The van der Waals surface area contributed by atoms with E-state index in [1.54, 1.807) is 0 Å². The molecule has 5 nitrogen and oxygen atoms in total. The summed E-state index contributed by atoms with van der Waals surface area (Å²) in [6, 6.07) is 9.85. The van der Waals surface area contributed by atoms with E-state index in [9.17, 15) is 15.3 Å². The number of hydrogen-bond donors (Lipinski definition) is 4. The minimum atomic E-state index is -1.01. The molecule has 4 atom stereocenters. The third kappa shape index (κ3) is 3.51. The van der Waals surface area contributed by atoms with Crippen molar-refractivity contribution in [2.75, 3.05) is 6.54 Å². The average molecular weight is 253 g/mol. The van der Waals surface area contributed by atoms with Gasteiger partial charge in [-0.05, 0) is 5.56 Å². The van der Waals surface area contributed by atoms with E-state index in [1.165, 1.54) is 0 Å². The molecule has 0 aliphatic carbocycles. The third-order valence-corrected chi connectivity index (χ3v) is 3.07. The minimum Gasteiger partial charge on any atom is -0.390 e. The maximum atomic E-state index is 9.73. The first-order valence-electron chi connectivity index (χ1n) is 6.11. The van der Waals surface area contributed by atoms with Crippen LogP contribution in [0.25, 0.3) is 0 Å². The highest BCUT2D eigenvalue weighted by Crippen LogP contribution is 2.18. The molecule has 1 fully saturated rings. The van der Waals surface area contributed by atoms with Crippen molar-refractivity contribution in [2.24, 2.45) is 0 Å². The number of nitrogens with one attached hydrogen (secondary N) is 1. The average Bonchev–Trinajstić information content (AvgIpc) is 2.36. The van der Waals surface area contributed by atoms with Crippen molar-refractivity contribution in [2.45, 2.75) is 37.6 Å². The van der Waals surface area contributed by atoms with Gasteiger partial charge in [-0.3, -0.25) is 0 Å². The van der Waals surface area contributed by atoms with Gasteiger partial charge in [-0.2, -0.15) is 0 Å². The van der Waals surface area contributed by atoms with Gasteiger partial charge >= 0.3 is 0 Å². The predicted molar refractivity (Wildman–Crippen MR) is 65.7 cm³/mol. The summed E-state index contributed by atoms with van der Waals surface area (Å²) in [5.74, 6) is 0. The maximum Gasteiger partial charge on any atom is 0.157 e. The van der Waals surface area contributed by atoms with Crippen molar-refractivity contribution in [3.63, 3.8) is 0 Å². The second kappa shape index (κ2) is 6.26. The van der Waals surface area contributed by atoms with Gasteiger partial charge in [-0.15, -0.1) is 0 Å². The summed E-state index contributed by atoms with van der Waals surface area (Å²) >= 11 is 0. The van der Waals surface area contributed by atoms with Crippen LogP contribution in [0.1, 0.15) is 12.0 Å².